The van der Waals surface area contributed by atoms with Crippen LogP contribution in [-0.4, -0.2) is 4.57 Å². The Labute approximate surface area is 278 Å². The predicted molar refractivity (Wildman–Crippen MR) is 193 cm³/mol. The Morgan fingerprint density at radius 1 is 0.511 bits per heavy atom. The number of hydrogen-bond donors (Lipinski definition) is 0. The molecular weight excluding hydrogens is 642 g/mol. The third-order valence-electron chi connectivity index (χ3n) is 10.3. The van der Waals surface area contributed by atoms with Crippen LogP contribution in [0.2, 0.25) is 0 Å². The molecule has 2 aliphatic rings. The van der Waals surface area contributed by atoms with Crippen molar-refractivity contribution in [2.45, 2.75) is 5.41 Å². The molecule has 0 saturated carbocycles. The fourth-order valence-electron chi connectivity index (χ4n) is 8.47. The Bertz CT molecular complexity index is 2800. The highest BCUT2D eigenvalue weighted by atomic mass is 79.9. The highest BCUT2D eigenvalue weighted by molar-refractivity contribution is 9.10. The van der Waals surface area contributed by atoms with Gasteiger partial charge in [-0.2, -0.15) is 0 Å². The SMILES string of the molecule is Brc1cccc2oc3ccc(-c4ccc5c(c4)C4(c6ccccc6O5)c5ccccc5-n5c6ccccc6c6cccc4c65)cc3c12. The summed E-state index contributed by atoms with van der Waals surface area (Å²) in [6.07, 6.45) is 0. The molecule has 0 amide bonds. The molecule has 0 aliphatic carbocycles. The molecule has 11 rings (SSSR count). The molecule has 7 aromatic carbocycles. The normalized spacial score (nSPS) is 16.0. The number of para-hydroxylation sites is 4. The third-order valence-corrected chi connectivity index (χ3v) is 11.0. The van der Waals surface area contributed by atoms with E-state index in [9.17, 15) is 0 Å². The number of halogens is 1. The minimum atomic E-state index is -0.601. The van der Waals surface area contributed by atoms with Gasteiger partial charge in [0, 0.05) is 37.1 Å². The van der Waals surface area contributed by atoms with E-state index in [0.717, 1.165) is 60.2 Å². The Morgan fingerprint density at radius 3 is 2.19 bits per heavy atom. The summed E-state index contributed by atoms with van der Waals surface area (Å²) in [7, 11) is 0. The molecule has 0 saturated heterocycles. The molecule has 1 atom stereocenters. The standard InChI is InChI=1S/C43H24BrNO2/c44-34-14-8-18-40-41(34)29-23-25(19-21-37(29)46-40)26-20-22-39-33(24-26)43(31-12-3-6-17-38(31)47-39)30-11-2-5-16-36(30)45-35-15-4-1-9-27(35)28-10-7-13-32(43)42(28)45/h1-24H. The van der Waals surface area contributed by atoms with Crippen molar-refractivity contribution in [3.63, 3.8) is 0 Å². The largest absolute Gasteiger partial charge is 0.457 e. The first kappa shape index (κ1) is 25.6. The van der Waals surface area contributed by atoms with Gasteiger partial charge in [0.05, 0.1) is 22.1 Å². The average molecular weight is 667 g/mol. The number of ether oxygens (including phenoxy) is 1. The van der Waals surface area contributed by atoms with Crippen LogP contribution in [0.3, 0.4) is 0 Å². The zero-order chi connectivity index (χ0) is 30.9. The Balaban J connectivity index is 1.27. The van der Waals surface area contributed by atoms with Gasteiger partial charge in [0.25, 0.3) is 0 Å². The van der Waals surface area contributed by atoms with Gasteiger partial charge in [0.15, 0.2) is 0 Å². The van der Waals surface area contributed by atoms with Gasteiger partial charge >= 0.3 is 0 Å². The number of nitrogens with zero attached hydrogens (tertiary/aromatic N) is 1. The van der Waals surface area contributed by atoms with E-state index < -0.39 is 5.41 Å². The minimum Gasteiger partial charge on any atom is -0.457 e. The summed E-state index contributed by atoms with van der Waals surface area (Å²) in [5.41, 5.74) is 11.9. The summed E-state index contributed by atoms with van der Waals surface area (Å²) in [5, 5.41) is 4.71. The molecule has 0 fully saturated rings. The lowest BCUT2D eigenvalue weighted by atomic mass is 9.61. The van der Waals surface area contributed by atoms with Crippen LogP contribution in [-0.2, 0) is 5.41 Å². The zero-order valence-electron chi connectivity index (χ0n) is 25.0. The maximum absolute atomic E-state index is 6.76. The second kappa shape index (κ2) is 9.03. The fourth-order valence-corrected chi connectivity index (χ4v) is 9.03. The molecular formula is C43H24BrNO2. The summed E-state index contributed by atoms with van der Waals surface area (Å²) < 4.78 is 16.5. The fraction of sp³-hybridized carbons (Fsp3) is 0.0233. The molecule has 0 bridgehead atoms. The van der Waals surface area contributed by atoms with Gasteiger partial charge in [-0.1, -0.05) is 107 Å². The van der Waals surface area contributed by atoms with Gasteiger partial charge in [-0.15, -0.1) is 0 Å². The molecule has 4 heterocycles. The molecule has 3 nitrogen and oxygen atoms in total. The zero-order valence-corrected chi connectivity index (χ0v) is 26.6. The van der Waals surface area contributed by atoms with Crippen LogP contribution in [0.5, 0.6) is 11.5 Å². The van der Waals surface area contributed by atoms with E-state index in [-0.39, 0.29) is 0 Å². The highest BCUT2D eigenvalue weighted by Gasteiger charge is 2.50. The van der Waals surface area contributed by atoms with Crippen LogP contribution in [0, 0.1) is 0 Å². The second-order valence-corrected chi connectivity index (χ2v) is 13.4. The maximum atomic E-state index is 6.76. The smallest absolute Gasteiger partial charge is 0.136 e. The molecule has 4 heteroatoms. The molecule has 0 N–H and O–H groups in total. The first-order valence-corrected chi connectivity index (χ1v) is 16.7. The highest BCUT2D eigenvalue weighted by Crippen LogP contribution is 2.60. The van der Waals surface area contributed by atoms with Crippen LogP contribution in [0.4, 0.5) is 0 Å². The maximum Gasteiger partial charge on any atom is 0.136 e. The van der Waals surface area contributed by atoms with Crippen LogP contribution >= 0.6 is 15.9 Å². The quantitative estimate of drug-likeness (QED) is 0.174. The molecule has 1 unspecified atom stereocenters. The molecule has 2 aromatic heterocycles. The number of benzene rings is 7. The van der Waals surface area contributed by atoms with Gasteiger partial charge in [-0.05, 0) is 76.9 Å². The van der Waals surface area contributed by atoms with Crippen molar-refractivity contribution < 1.29 is 9.15 Å². The molecule has 9 aromatic rings. The predicted octanol–water partition coefficient (Wildman–Crippen LogP) is 11.9. The molecule has 1 spiro atoms. The van der Waals surface area contributed by atoms with Gasteiger partial charge in [0.2, 0.25) is 0 Å². The van der Waals surface area contributed by atoms with Crippen molar-refractivity contribution in [2.24, 2.45) is 0 Å². The van der Waals surface area contributed by atoms with Crippen LogP contribution in [0.15, 0.2) is 154 Å². The van der Waals surface area contributed by atoms with E-state index in [4.69, 9.17) is 9.15 Å². The van der Waals surface area contributed by atoms with Gasteiger partial charge in [-0.3, -0.25) is 0 Å². The van der Waals surface area contributed by atoms with Crippen molar-refractivity contribution >= 4 is 59.7 Å². The summed E-state index contributed by atoms with van der Waals surface area (Å²) in [6, 6.07) is 52.4. The first-order valence-electron chi connectivity index (χ1n) is 15.9. The summed E-state index contributed by atoms with van der Waals surface area (Å²) in [6.45, 7) is 0. The van der Waals surface area contributed by atoms with Gasteiger partial charge < -0.3 is 13.7 Å². The van der Waals surface area contributed by atoms with E-state index in [1.165, 1.54) is 38.6 Å². The van der Waals surface area contributed by atoms with E-state index in [1.807, 2.05) is 12.1 Å². The van der Waals surface area contributed by atoms with E-state index in [0.29, 0.717) is 0 Å². The molecule has 0 radical (unpaired) electrons. The Kier molecular flexibility index (Phi) is 4.92. The van der Waals surface area contributed by atoms with Crippen molar-refractivity contribution in [2.75, 3.05) is 0 Å². The number of hydrogen-bond acceptors (Lipinski definition) is 2. The Hall–Kier alpha value is -5.58. The van der Waals surface area contributed by atoms with Crippen molar-refractivity contribution in [3.05, 3.63) is 172 Å². The summed E-state index contributed by atoms with van der Waals surface area (Å²) >= 11 is 3.77. The number of aromatic nitrogens is 1. The number of furan rings is 1. The number of rotatable bonds is 1. The van der Waals surface area contributed by atoms with Crippen molar-refractivity contribution in [1.82, 2.24) is 4.57 Å². The monoisotopic (exact) mass is 665 g/mol. The third kappa shape index (κ3) is 3.16. The lowest BCUT2D eigenvalue weighted by Crippen LogP contribution is -2.37. The minimum absolute atomic E-state index is 0.601. The molecule has 220 valence electrons. The van der Waals surface area contributed by atoms with Crippen LogP contribution in [0.25, 0.3) is 60.6 Å². The van der Waals surface area contributed by atoms with Crippen LogP contribution < -0.4 is 4.74 Å². The van der Waals surface area contributed by atoms with Gasteiger partial charge in [-0.25, -0.2) is 0 Å². The lowest BCUT2D eigenvalue weighted by molar-refractivity contribution is 0.434. The van der Waals surface area contributed by atoms with Gasteiger partial charge in [0.1, 0.15) is 22.7 Å². The summed E-state index contributed by atoms with van der Waals surface area (Å²) in [4.78, 5) is 0. The lowest BCUT2D eigenvalue weighted by Gasteiger charge is -2.45. The molecule has 2 aliphatic heterocycles. The van der Waals surface area contributed by atoms with E-state index >= 15 is 0 Å². The van der Waals surface area contributed by atoms with Crippen molar-refractivity contribution in [3.8, 4) is 28.3 Å². The summed E-state index contributed by atoms with van der Waals surface area (Å²) in [5.74, 6) is 1.77. The number of fused-ring (bicyclic) bond motifs is 14. The van der Waals surface area contributed by atoms with Crippen molar-refractivity contribution in [1.29, 1.82) is 0 Å². The average Bonchev–Trinajstić information content (AvgIpc) is 3.67. The first-order chi connectivity index (χ1) is 23.2. The Morgan fingerprint density at radius 2 is 1.23 bits per heavy atom. The topological polar surface area (TPSA) is 27.3 Å². The van der Waals surface area contributed by atoms with Crippen LogP contribution in [0.1, 0.15) is 22.3 Å². The molecule has 47 heavy (non-hydrogen) atoms. The van der Waals surface area contributed by atoms with E-state index in [2.05, 4.69) is 154 Å². The second-order valence-electron chi connectivity index (χ2n) is 12.6. The van der Waals surface area contributed by atoms with E-state index in [1.54, 1.807) is 0 Å².